The number of piperidine rings is 1. The van der Waals surface area contributed by atoms with E-state index in [1.165, 1.54) is 12.1 Å². The normalized spacial score (nSPS) is 17.5. The zero-order chi connectivity index (χ0) is 18.0. The van der Waals surface area contributed by atoms with Crippen molar-refractivity contribution in [1.29, 1.82) is 0 Å². The van der Waals surface area contributed by atoms with Crippen molar-refractivity contribution in [3.05, 3.63) is 52.1 Å². The summed E-state index contributed by atoms with van der Waals surface area (Å²) in [5.41, 5.74) is -0.136. The minimum absolute atomic E-state index is 0.100. The molecule has 0 saturated carbocycles. The van der Waals surface area contributed by atoms with Crippen molar-refractivity contribution in [3.8, 4) is 5.75 Å². The number of nitrogens with zero attached hydrogens (tertiary/aromatic N) is 4. The molecule has 1 fully saturated rings. The van der Waals surface area contributed by atoms with Crippen LogP contribution >= 0.6 is 0 Å². The average Bonchev–Trinajstić information content (AvgIpc) is 2.99. The van der Waals surface area contributed by atoms with Crippen LogP contribution in [0.2, 0.25) is 0 Å². The van der Waals surface area contributed by atoms with Crippen LogP contribution in [-0.4, -0.2) is 43.5 Å². The lowest BCUT2D eigenvalue weighted by Gasteiger charge is -2.32. The molecule has 0 bridgehead atoms. The molecule has 8 nitrogen and oxygen atoms in total. The van der Waals surface area contributed by atoms with Gasteiger partial charge < -0.3 is 14.6 Å². The van der Waals surface area contributed by atoms with Crippen LogP contribution in [0.3, 0.4) is 0 Å². The number of carbonyl (C=O) groups excluding carboxylic acids is 1. The number of phenols is 1. The van der Waals surface area contributed by atoms with Crippen molar-refractivity contribution in [2.75, 3.05) is 13.1 Å². The molecular weight excluding hydrogens is 324 g/mol. The first-order chi connectivity index (χ1) is 12.0. The molecule has 0 radical (unpaired) electrons. The second-order valence-electron chi connectivity index (χ2n) is 6.38. The first-order valence-electron chi connectivity index (χ1n) is 8.18. The fourth-order valence-electron chi connectivity index (χ4n) is 3.25. The number of nitro groups is 1. The van der Waals surface area contributed by atoms with E-state index in [1.54, 1.807) is 11.1 Å². The largest absolute Gasteiger partial charge is 0.507 e. The molecule has 0 spiro atoms. The third-order valence-corrected chi connectivity index (χ3v) is 4.62. The number of benzene rings is 1. The van der Waals surface area contributed by atoms with Gasteiger partial charge in [-0.15, -0.1) is 0 Å². The summed E-state index contributed by atoms with van der Waals surface area (Å²) in [7, 11) is 1.95. The monoisotopic (exact) mass is 344 g/mol. The highest BCUT2D eigenvalue weighted by Gasteiger charge is 2.27. The summed E-state index contributed by atoms with van der Waals surface area (Å²) in [5, 5.41) is 20.7. The van der Waals surface area contributed by atoms with Crippen LogP contribution in [0, 0.1) is 16.0 Å². The second-order valence-corrected chi connectivity index (χ2v) is 6.38. The third-order valence-electron chi connectivity index (χ3n) is 4.62. The fourth-order valence-corrected chi connectivity index (χ4v) is 3.25. The number of imidazole rings is 1. The molecule has 0 unspecified atom stereocenters. The number of aromatic hydroxyl groups is 1. The maximum Gasteiger partial charge on any atom is 0.273 e. The van der Waals surface area contributed by atoms with Gasteiger partial charge in [0, 0.05) is 45.0 Å². The van der Waals surface area contributed by atoms with E-state index >= 15 is 0 Å². The number of likely N-dealkylation sites (tertiary alicyclic amines) is 1. The topological polar surface area (TPSA) is 102 Å². The minimum atomic E-state index is -0.599. The van der Waals surface area contributed by atoms with Gasteiger partial charge >= 0.3 is 0 Å². The molecule has 1 atom stereocenters. The molecule has 2 heterocycles. The zero-order valence-corrected chi connectivity index (χ0v) is 14.0. The van der Waals surface area contributed by atoms with Gasteiger partial charge in [-0.2, -0.15) is 0 Å². The number of phenolic OH excluding ortho intramolecular Hbond substituents is 1. The summed E-state index contributed by atoms with van der Waals surface area (Å²) in [6.07, 6.45) is 6.35. The summed E-state index contributed by atoms with van der Waals surface area (Å²) < 4.78 is 1.98. The molecule has 1 aliphatic heterocycles. The summed E-state index contributed by atoms with van der Waals surface area (Å²) in [6, 6.07) is 3.57. The number of hydrogen-bond acceptors (Lipinski definition) is 5. The summed E-state index contributed by atoms with van der Waals surface area (Å²) in [4.78, 5) is 28.9. The van der Waals surface area contributed by atoms with Crippen LogP contribution in [0.15, 0.2) is 30.6 Å². The zero-order valence-electron chi connectivity index (χ0n) is 14.0. The number of aromatic nitrogens is 2. The highest BCUT2D eigenvalue weighted by atomic mass is 16.6. The average molecular weight is 344 g/mol. The van der Waals surface area contributed by atoms with Gasteiger partial charge in [-0.25, -0.2) is 4.98 Å². The lowest BCUT2D eigenvalue weighted by atomic mass is 9.94. The molecule has 1 saturated heterocycles. The van der Waals surface area contributed by atoms with E-state index in [0.717, 1.165) is 31.2 Å². The maximum atomic E-state index is 12.7. The molecule has 0 aliphatic carbocycles. The molecule has 1 N–H and O–H groups in total. The number of nitro benzene ring substituents is 1. The number of amides is 1. The summed E-state index contributed by atoms with van der Waals surface area (Å²) >= 11 is 0. The molecule has 3 rings (SSSR count). The Bertz CT molecular complexity index is 802. The smallest absolute Gasteiger partial charge is 0.273 e. The van der Waals surface area contributed by atoms with Crippen LogP contribution in [0.5, 0.6) is 5.75 Å². The van der Waals surface area contributed by atoms with Gasteiger partial charge in [0.1, 0.15) is 11.6 Å². The van der Waals surface area contributed by atoms with Crippen LogP contribution in [0.25, 0.3) is 0 Å². The number of aryl methyl sites for hydroxylation is 1. The highest BCUT2D eigenvalue weighted by molar-refractivity contribution is 5.97. The molecule has 25 heavy (non-hydrogen) atoms. The predicted molar refractivity (Wildman–Crippen MR) is 90.3 cm³/mol. The van der Waals surface area contributed by atoms with E-state index in [9.17, 15) is 20.0 Å². The molecule has 132 valence electrons. The number of rotatable bonds is 4. The van der Waals surface area contributed by atoms with Gasteiger partial charge in [-0.3, -0.25) is 14.9 Å². The summed E-state index contributed by atoms with van der Waals surface area (Å²) in [6.45, 7) is 1.20. The predicted octanol–water partition coefficient (Wildman–Crippen LogP) is 2.13. The van der Waals surface area contributed by atoms with E-state index < -0.39 is 4.92 Å². The van der Waals surface area contributed by atoms with Gasteiger partial charge in [-0.1, -0.05) is 0 Å². The highest BCUT2D eigenvalue weighted by Crippen LogP contribution is 2.27. The van der Waals surface area contributed by atoms with Crippen molar-refractivity contribution < 1.29 is 14.8 Å². The Labute approximate surface area is 144 Å². The van der Waals surface area contributed by atoms with E-state index in [0.29, 0.717) is 19.0 Å². The second kappa shape index (κ2) is 6.92. The molecule has 2 aromatic rings. The van der Waals surface area contributed by atoms with Crippen LogP contribution in [0.1, 0.15) is 29.0 Å². The molecule has 1 aromatic heterocycles. The maximum absolute atomic E-state index is 12.7. The van der Waals surface area contributed by atoms with Gasteiger partial charge in [-0.05, 0) is 24.8 Å². The Morgan fingerprint density at radius 1 is 1.48 bits per heavy atom. The van der Waals surface area contributed by atoms with Crippen LogP contribution in [0.4, 0.5) is 5.69 Å². The van der Waals surface area contributed by atoms with Gasteiger partial charge in [0.25, 0.3) is 11.6 Å². The standard InChI is InChI=1S/C17H20N4O4/c1-19-8-6-18-16(19)9-12-3-2-7-20(11-12)17(23)14-5-4-13(21(24)25)10-15(14)22/h4-6,8,10,12,22H,2-3,7,9,11H2,1H3/t12-/m0/s1. The Morgan fingerprint density at radius 3 is 2.92 bits per heavy atom. The minimum Gasteiger partial charge on any atom is -0.507 e. The number of carbonyl (C=O) groups is 1. The lowest BCUT2D eigenvalue weighted by Crippen LogP contribution is -2.40. The Morgan fingerprint density at radius 2 is 2.28 bits per heavy atom. The van der Waals surface area contributed by atoms with Crippen LogP contribution in [-0.2, 0) is 13.5 Å². The SMILES string of the molecule is Cn1ccnc1C[C@@H]1CCCN(C(=O)c2ccc([N+](=O)[O-])cc2O)C1. The Hall–Kier alpha value is -2.90. The number of hydrogen-bond donors (Lipinski definition) is 1. The number of non-ortho nitro benzene ring substituents is 1. The first kappa shape index (κ1) is 16.9. The fraction of sp³-hybridized carbons (Fsp3) is 0.412. The van der Waals surface area contributed by atoms with Crippen molar-refractivity contribution >= 4 is 11.6 Å². The van der Waals surface area contributed by atoms with E-state index in [4.69, 9.17) is 0 Å². The van der Waals surface area contributed by atoms with Gasteiger partial charge in [0.2, 0.25) is 0 Å². The molecule has 1 aliphatic rings. The van der Waals surface area contributed by atoms with E-state index in [1.807, 2.05) is 17.8 Å². The van der Waals surface area contributed by atoms with Gasteiger partial charge in [0.15, 0.2) is 0 Å². The molecule has 1 amide bonds. The third kappa shape index (κ3) is 3.62. The van der Waals surface area contributed by atoms with Crippen molar-refractivity contribution in [2.24, 2.45) is 13.0 Å². The quantitative estimate of drug-likeness (QED) is 0.676. The van der Waals surface area contributed by atoms with Gasteiger partial charge in [0.05, 0.1) is 16.6 Å². The van der Waals surface area contributed by atoms with Crippen LogP contribution < -0.4 is 0 Å². The molecule has 1 aromatic carbocycles. The first-order valence-corrected chi connectivity index (χ1v) is 8.18. The summed E-state index contributed by atoms with van der Waals surface area (Å²) in [5.74, 6) is 0.638. The lowest BCUT2D eigenvalue weighted by molar-refractivity contribution is -0.384. The molecule has 8 heteroatoms. The van der Waals surface area contributed by atoms with E-state index in [2.05, 4.69) is 4.98 Å². The van der Waals surface area contributed by atoms with Crippen molar-refractivity contribution in [2.45, 2.75) is 19.3 Å². The van der Waals surface area contributed by atoms with E-state index in [-0.39, 0.29) is 22.9 Å². The Kier molecular flexibility index (Phi) is 4.69. The Balaban J connectivity index is 1.71. The van der Waals surface area contributed by atoms with Crippen molar-refractivity contribution in [3.63, 3.8) is 0 Å². The molecular formula is C17H20N4O4. The van der Waals surface area contributed by atoms with Crippen molar-refractivity contribution in [1.82, 2.24) is 14.5 Å².